The second-order valence-corrected chi connectivity index (χ2v) is 10.2. The van der Waals surface area contributed by atoms with Crippen LogP contribution in [0, 0.1) is 12.8 Å². The summed E-state index contributed by atoms with van der Waals surface area (Å²) in [7, 11) is 0. The molecule has 0 bridgehead atoms. The molecule has 0 saturated carbocycles. The number of aryl methyl sites for hydroxylation is 1. The Balaban J connectivity index is 1.43. The van der Waals surface area contributed by atoms with Gasteiger partial charge in [0.25, 0.3) is 0 Å². The highest BCUT2D eigenvalue weighted by Crippen LogP contribution is 2.33. The molecule has 5 rings (SSSR count). The maximum Gasteiger partial charge on any atom is 0.229 e. The zero-order valence-corrected chi connectivity index (χ0v) is 20.1. The Hall–Kier alpha value is -2.93. The van der Waals surface area contributed by atoms with Crippen LogP contribution in [0.3, 0.4) is 0 Å². The minimum Gasteiger partial charge on any atom is -0.438 e. The molecular formula is C26H30N4O2S. The van der Waals surface area contributed by atoms with Crippen LogP contribution in [-0.4, -0.2) is 40.4 Å². The van der Waals surface area contributed by atoms with Crippen molar-refractivity contribution in [1.82, 2.24) is 14.9 Å². The highest BCUT2D eigenvalue weighted by atomic mass is 32.1. The third-order valence-electron chi connectivity index (χ3n) is 6.57. The molecule has 0 aliphatic carbocycles. The summed E-state index contributed by atoms with van der Waals surface area (Å²) in [6, 6.07) is 12.0. The minimum absolute atomic E-state index is 0.137. The molecule has 2 aliphatic rings. The smallest absolute Gasteiger partial charge is 0.229 e. The normalized spacial score (nSPS) is 16.5. The largest absolute Gasteiger partial charge is 0.438 e. The zero-order chi connectivity index (χ0) is 22.8. The molecule has 4 heterocycles. The van der Waals surface area contributed by atoms with E-state index in [0.29, 0.717) is 25.4 Å². The Morgan fingerprint density at radius 3 is 2.64 bits per heavy atom. The first kappa shape index (κ1) is 21.9. The second-order valence-electron chi connectivity index (χ2n) is 9.16. The number of piperidine rings is 1. The number of hydrogen-bond acceptors (Lipinski definition) is 6. The Morgan fingerprint density at radius 2 is 1.91 bits per heavy atom. The van der Waals surface area contributed by atoms with Crippen LogP contribution in [0.1, 0.15) is 41.5 Å². The summed E-state index contributed by atoms with van der Waals surface area (Å²) in [6.45, 7) is 7.46. The zero-order valence-electron chi connectivity index (χ0n) is 19.3. The van der Waals surface area contributed by atoms with Crippen LogP contribution in [0.15, 0.2) is 41.8 Å². The third kappa shape index (κ3) is 5.03. The van der Waals surface area contributed by atoms with Crippen molar-refractivity contribution in [1.29, 1.82) is 0 Å². The SMILES string of the molecule is Cc1ccc(Oc2nc(N3CCC(C)CC3)nc3c2CN(C(=O)Cc2cccs2)CC3)cc1. The fourth-order valence-corrected chi connectivity index (χ4v) is 5.11. The van der Waals surface area contributed by atoms with Crippen LogP contribution in [0.25, 0.3) is 0 Å². The van der Waals surface area contributed by atoms with Gasteiger partial charge in [-0.25, -0.2) is 4.98 Å². The number of anilines is 1. The van der Waals surface area contributed by atoms with Crippen LogP contribution < -0.4 is 9.64 Å². The summed E-state index contributed by atoms with van der Waals surface area (Å²) in [4.78, 5) is 28.1. The maximum absolute atomic E-state index is 13.0. The van der Waals surface area contributed by atoms with Crippen molar-refractivity contribution in [2.24, 2.45) is 5.92 Å². The van der Waals surface area contributed by atoms with Crippen molar-refractivity contribution in [2.45, 2.75) is 46.1 Å². The lowest BCUT2D eigenvalue weighted by atomic mass is 9.99. The van der Waals surface area contributed by atoms with Crippen molar-refractivity contribution >= 4 is 23.2 Å². The van der Waals surface area contributed by atoms with Crippen molar-refractivity contribution in [3.63, 3.8) is 0 Å². The van der Waals surface area contributed by atoms with Gasteiger partial charge in [0.05, 0.1) is 24.2 Å². The van der Waals surface area contributed by atoms with Gasteiger partial charge < -0.3 is 14.5 Å². The number of benzene rings is 1. The summed E-state index contributed by atoms with van der Waals surface area (Å²) in [6.07, 6.45) is 3.46. The van der Waals surface area contributed by atoms with Gasteiger partial charge in [0.1, 0.15) is 5.75 Å². The van der Waals surface area contributed by atoms with Crippen molar-refractivity contribution < 1.29 is 9.53 Å². The number of aromatic nitrogens is 2. The molecule has 3 aromatic rings. The minimum atomic E-state index is 0.137. The average molecular weight is 463 g/mol. The molecule has 0 N–H and O–H groups in total. The van der Waals surface area contributed by atoms with Gasteiger partial charge in [-0.3, -0.25) is 4.79 Å². The molecule has 2 aliphatic heterocycles. The number of nitrogens with zero attached hydrogens (tertiary/aromatic N) is 4. The molecule has 33 heavy (non-hydrogen) atoms. The van der Waals surface area contributed by atoms with Gasteiger partial charge in [0, 0.05) is 30.9 Å². The van der Waals surface area contributed by atoms with E-state index in [0.717, 1.165) is 66.1 Å². The summed E-state index contributed by atoms with van der Waals surface area (Å²) in [5.74, 6) is 2.96. The van der Waals surface area contributed by atoms with E-state index in [1.54, 1.807) is 11.3 Å². The van der Waals surface area contributed by atoms with Crippen LogP contribution in [0.5, 0.6) is 11.6 Å². The molecule has 0 atom stereocenters. The van der Waals surface area contributed by atoms with Gasteiger partial charge in [-0.1, -0.05) is 30.7 Å². The van der Waals surface area contributed by atoms with Gasteiger partial charge >= 0.3 is 0 Å². The molecule has 2 aromatic heterocycles. The Bertz CT molecular complexity index is 1110. The van der Waals surface area contributed by atoms with Gasteiger partial charge in [0.15, 0.2) is 0 Å². The van der Waals surface area contributed by atoms with Gasteiger partial charge in [-0.05, 0) is 49.3 Å². The molecule has 1 amide bonds. The molecule has 0 spiro atoms. The highest BCUT2D eigenvalue weighted by molar-refractivity contribution is 7.10. The number of thiophene rings is 1. The summed E-state index contributed by atoms with van der Waals surface area (Å²) < 4.78 is 6.30. The topological polar surface area (TPSA) is 58.6 Å². The van der Waals surface area contributed by atoms with E-state index in [4.69, 9.17) is 14.7 Å². The molecule has 7 heteroatoms. The van der Waals surface area contributed by atoms with E-state index in [2.05, 4.69) is 18.7 Å². The van der Waals surface area contributed by atoms with Crippen molar-refractivity contribution in [3.05, 3.63) is 63.5 Å². The summed E-state index contributed by atoms with van der Waals surface area (Å²) in [5.41, 5.74) is 3.11. The van der Waals surface area contributed by atoms with Crippen molar-refractivity contribution in [2.75, 3.05) is 24.5 Å². The number of amides is 1. The predicted octanol–water partition coefficient (Wildman–Crippen LogP) is 5.00. The van der Waals surface area contributed by atoms with Crippen LogP contribution >= 0.6 is 11.3 Å². The van der Waals surface area contributed by atoms with E-state index in [1.165, 1.54) is 5.56 Å². The lowest BCUT2D eigenvalue weighted by Gasteiger charge is -2.33. The van der Waals surface area contributed by atoms with Crippen molar-refractivity contribution in [3.8, 4) is 11.6 Å². The average Bonchev–Trinajstić information content (AvgIpc) is 3.33. The molecule has 172 valence electrons. The van der Waals surface area contributed by atoms with Crippen LogP contribution in [0.2, 0.25) is 0 Å². The predicted molar refractivity (Wildman–Crippen MR) is 131 cm³/mol. The van der Waals surface area contributed by atoms with Crippen LogP contribution in [0.4, 0.5) is 5.95 Å². The van der Waals surface area contributed by atoms with E-state index in [-0.39, 0.29) is 5.91 Å². The molecule has 0 unspecified atom stereocenters. The molecule has 1 saturated heterocycles. The summed E-state index contributed by atoms with van der Waals surface area (Å²) >= 11 is 1.62. The fourth-order valence-electron chi connectivity index (χ4n) is 4.41. The van der Waals surface area contributed by atoms with Gasteiger partial charge in [-0.2, -0.15) is 4.98 Å². The molecule has 6 nitrogen and oxygen atoms in total. The maximum atomic E-state index is 13.0. The first-order valence-electron chi connectivity index (χ1n) is 11.7. The Labute approximate surface area is 199 Å². The molecular weight excluding hydrogens is 432 g/mol. The number of hydrogen-bond donors (Lipinski definition) is 0. The first-order chi connectivity index (χ1) is 16.0. The number of rotatable bonds is 5. The Morgan fingerprint density at radius 1 is 1.12 bits per heavy atom. The van der Waals surface area contributed by atoms with Crippen LogP contribution in [-0.2, 0) is 24.2 Å². The third-order valence-corrected chi connectivity index (χ3v) is 7.45. The fraction of sp³-hybridized carbons (Fsp3) is 0.423. The van der Waals surface area contributed by atoms with E-state index in [1.807, 2.05) is 46.7 Å². The van der Waals surface area contributed by atoms with Gasteiger partial charge in [0.2, 0.25) is 17.7 Å². The second kappa shape index (κ2) is 9.51. The molecule has 1 fully saturated rings. The molecule has 0 radical (unpaired) electrons. The number of carbonyl (C=O) groups is 1. The number of fused-ring (bicyclic) bond motifs is 1. The first-order valence-corrected chi connectivity index (χ1v) is 12.6. The standard InChI is InChI=1S/C26H30N4O2S/c1-18-5-7-20(8-6-18)32-25-22-17-30(24(31)16-21-4-3-15-33-21)14-11-23(22)27-26(28-25)29-12-9-19(2)10-13-29/h3-8,15,19H,9-14,16-17H2,1-2H3. The lowest BCUT2D eigenvalue weighted by molar-refractivity contribution is -0.131. The Kier molecular flexibility index (Phi) is 6.31. The van der Waals surface area contributed by atoms with E-state index < -0.39 is 0 Å². The monoisotopic (exact) mass is 462 g/mol. The molecule has 1 aromatic carbocycles. The lowest BCUT2D eigenvalue weighted by Crippen LogP contribution is -2.38. The summed E-state index contributed by atoms with van der Waals surface area (Å²) in [5, 5.41) is 2.01. The van der Waals surface area contributed by atoms with Gasteiger partial charge in [-0.15, -0.1) is 11.3 Å². The van der Waals surface area contributed by atoms with E-state index >= 15 is 0 Å². The highest BCUT2D eigenvalue weighted by Gasteiger charge is 2.28. The quantitative estimate of drug-likeness (QED) is 0.534. The number of carbonyl (C=O) groups excluding carboxylic acids is 1. The van der Waals surface area contributed by atoms with E-state index in [9.17, 15) is 4.79 Å². The number of ether oxygens (including phenoxy) is 1.